The lowest BCUT2D eigenvalue weighted by Crippen LogP contribution is -2.49. The Bertz CT molecular complexity index is 1340. The molecule has 0 N–H and O–H groups in total. The zero-order valence-electron chi connectivity index (χ0n) is 20.0. The van der Waals surface area contributed by atoms with E-state index in [4.69, 9.17) is 4.74 Å². The van der Waals surface area contributed by atoms with Gasteiger partial charge in [0.2, 0.25) is 0 Å². The number of amides is 1. The van der Waals surface area contributed by atoms with Crippen LogP contribution in [-0.4, -0.2) is 47.0 Å². The normalized spacial score (nSPS) is 19.3. The molecule has 3 aromatic rings. The minimum atomic E-state index is -4.54. The molecule has 0 aliphatic carbocycles. The molecule has 6 rings (SSSR count). The largest absolute Gasteiger partial charge is 0.416 e. The maximum absolute atomic E-state index is 14.1. The van der Waals surface area contributed by atoms with Gasteiger partial charge in [0, 0.05) is 48.9 Å². The molecule has 36 heavy (non-hydrogen) atoms. The summed E-state index contributed by atoms with van der Waals surface area (Å²) in [6.07, 6.45) is -2.29. The van der Waals surface area contributed by atoms with Crippen molar-refractivity contribution in [3.05, 3.63) is 70.8 Å². The van der Waals surface area contributed by atoms with E-state index in [9.17, 15) is 18.0 Å². The second kappa shape index (κ2) is 8.06. The first kappa shape index (κ1) is 23.0. The number of rotatable bonds is 5. The summed E-state index contributed by atoms with van der Waals surface area (Å²) in [7, 11) is 1.88. The third-order valence-corrected chi connectivity index (χ3v) is 7.59. The summed E-state index contributed by atoms with van der Waals surface area (Å²) in [5, 5.41) is 8.16. The van der Waals surface area contributed by atoms with E-state index in [1.165, 1.54) is 11.0 Å². The molecular formula is C26H26F3N5O2. The second-order valence-electron chi connectivity index (χ2n) is 10.3. The number of alkyl halides is 3. The van der Waals surface area contributed by atoms with Gasteiger partial charge in [-0.2, -0.15) is 13.2 Å². The molecule has 10 heteroatoms. The van der Waals surface area contributed by atoms with Crippen molar-refractivity contribution < 1.29 is 22.7 Å². The van der Waals surface area contributed by atoms with Crippen molar-refractivity contribution in [1.29, 1.82) is 0 Å². The SMILES string of the molecule is CC1CN(c2cc3c(c(C(F)(F)F)c2)CN(c2cccc(C4(Cc5nncn5C)COC4)c2)C3=O)C1. The molecule has 3 aliphatic heterocycles. The van der Waals surface area contributed by atoms with E-state index in [1.807, 2.05) is 34.7 Å². The fourth-order valence-corrected chi connectivity index (χ4v) is 5.44. The minimum absolute atomic E-state index is 0.0380. The zero-order chi connectivity index (χ0) is 25.2. The molecule has 3 aliphatic rings. The predicted octanol–water partition coefficient (Wildman–Crippen LogP) is 3.96. The van der Waals surface area contributed by atoms with Gasteiger partial charge in [0.15, 0.2) is 0 Å². The average Bonchev–Trinajstić information content (AvgIpc) is 3.35. The van der Waals surface area contributed by atoms with Crippen LogP contribution in [0.5, 0.6) is 0 Å². The van der Waals surface area contributed by atoms with Crippen LogP contribution in [0.4, 0.5) is 24.5 Å². The standard InChI is InChI=1S/C26H26F3N5O2/c1-16-10-33(11-16)19-7-20-21(22(8-19)26(27,28)29)12-34(24(20)35)18-5-3-4-17(6-18)25(13-36-14-25)9-23-31-30-15-32(23)2/h3-8,15-16H,9-14H2,1-2H3. The summed E-state index contributed by atoms with van der Waals surface area (Å²) < 4.78 is 49.6. The maximum Gasteiger partial charge on any atom is 0.416 e. The molecule has 188 valence electrons. The van der Waals surface area contributed by atoms with Gasteiger partial charge in [-0.3, -0.25) is 4.79 Å². The van der Waals surface area contributed by atoms with E-state index < -0.39 is 17.6 Å². The Morgan fingerprint density at radius 3 is 2.53 bits per heavy atom. The molecule has 2 aromatic carbocycles. The Kier molecular flexibility index (Phi) is 5.15. The van der Waals surface area contributed by atoms with E-state index in [-0.39, 0.29) is 23.1 Å². The number of halogens is 3. The topological polar surface area (TPSA) is 63.5 Å². The highest BCUT2D eigenvalue weighted by molar-refractivity contribution is 6.11. The number of benzene rings is 2. The first-order valence-electron chi connectivity index (χ1n) is 12.0. The summed E-state index contributed by atoms with van der Waals surface area (Å²) in [4.78, 5) is 16.8. The van der Waals surface area contributed by atoms with Crippen LogP contribution in [0.1, 0.15) is 39.8 Å². The van der Waals surface area contributed by atoms with Gasteiger partial charge in [-0.05, 0) is 41.3 Å². The predicted molar refractivity (Wildman–Crippen MR) is 127 cm³/mol. The highest BCUT2D eigenvalue weighted by atomic mass is 19.4. The number of anilines is 2. The van der Waals surface area contributed by atoms with Gasteiger partial charge in [-0.15, -0.1) is 10.2 Å². The fraction of sp³-hybridized carbons (Fsp3) is 0.423. The van der Waals surface area contributed by atoms with Crippen molar-refractivity contribution in [2.24, 2.45) is 13.0 Å². The Hall–Kier alpha value is -3.40. The third kappa shape index (κ3) is 3.66. The maximum atomic E-state index is 14.1. The number of hydrogen-bond donors (Lipinski definition) is 0. The lowest BCUT2D eigenvalue weighted by atomic mass is 9.75. The van der Waals surface area contributed by atoms with E-state index >= 15 is 0 Å². The quantitative estimate of drug-likeness (QED) is 0.534. The Morgan fingerprint density at radius 1 is 1.14 bits per heavy atom. The molecule has 0 saturated carbocycles. The number of hydrogen-bond acceptors (Lipinski definition) is 5. The molecule has 2 saturated heterocycles. The molecule has 0 unspecified atom stereocenters. The van der Waals surface area contributed by atoms with Crippen LogP contribution in [0.25, 0.3) is 0 Å². The summed E-state index contributed by atoms with van der Waals surface area (Å²) in [6.45, 7) is 4.30. The van der Waals surface area contributed by atoms with Crippen LogP contribution in [-0.2, 0) is 36.3 Å². The summed E-state index contributed by atoms with van der Waals surface area (Å²) in [5.74, 6) is 0.832. The molecule has 0 radical (unpaired) electrons. The summed E-state index contributed by atoms with van der Waals surface area (Å²) in [5.41, 5.74) is 1.10. The molecule has 0 atom stereocenters. The molecule has 0 bridgehead atoms. The highest BCUT2D eigenvalue weighted by Crippen LogP contribution is 2.43. The number of carbonyl (C=O) groups excluding carboxylic acids is 1. The molecule has 0 spiro atoms. The van der Waals surface area contributed by atoms with Crippen molar-refractivity contribution in [2.45, 2.75) is 31.5 Å². The smallest absolute Gasteiger partial charge is 0.379 e. The number of aromatic nitrogens is 3. The number of carbonyl (C=O) groups is 1. The molecule has 1 amide bonds. The van der Waals surface area contributed by atoms with Gasteiger partial charge in [0.05, 0.1) is 25.3 Å². The van der Waals surface area contributed by atoms with Crippen LogP contribution in [0, 0.1) is 5.92 Å². The van der Waals surface area contributed by atoms with Crippen molar-refractivity contribution in [3.63, 3.8) is 0 Å². The molecule has 2 fully saturated rings. The first-order valence-corrected chi connectivity index (χ1v) is 12.0. The van der Waals surface area contributed by atoms with E-state index in [0.29, 0.717) is 50.0 Å². The van der Waals surface area contributed by atoms with Crippen molar-refractivity contribution in [1.82, 2.24) is 14.8 Å². The zero-order valence-corrected chi connectivity index (χ0v) is 20.0. The Balaban J connectivity index is 1.34. The van der Waals surface area contributed by atoms with Crippen molar-refractivity contribution in [3.8, 4) is 0 Å². The summed E-state index contributed by atoms with van der Waals surface area (Å²) in [6, 6.07) is 10.3. The average molecular weight is 498 g/mol. The van der Waals surface area contributed by atoms with E-state index in [0.717, 1.165) is 11.4 Å². The number of ether oxygens (including phenoxy) is 1. The van der Waals surface area contributed by atoms with Crippen LogP contribution in [0.15, 0.2) is 42.7 Å². The van der Waals surface area contributed by atoms with Gasteiger partial charge in [0.25, 0.3) is 5.91 Å². The lowest BCUT2D eigenvalue weighted by Gasteiger charge is -2.42. The van der Waals surface area contributed by atoms with Crippen LogP contribution in [0.3, 0.4) is 0 Å². The molecule has 4 heterocycles. The van der Waals surface area contributed by atoms with Crippen molar-refractivity contribution in [2.75, 3.05) is 36.1 Å². The van der Waals surface area contributed by atoms with Crippen molar-refractivity contribution >= 4 is 17.3 Å². The third-order valence-electron chi connectivity index (χ3n) is 7.59. The summed E-state index contributed by atoms with van der Waals surface area (Å²) >= 11 is 0. The Morgan fingerprint density at radius 2 is 1.92 bits per heavy atom. The van der Waals surface area contributed by atoms with Gasteiger partial charge in [-0.25, -0.2) is 0 Å². The van der Waals surface area contributed by atoms with Gasteiger partial charge >= 0.3 is 6.18 Å². The number of aryl methyl sites for hydroxylation is 1. The number of nitrogens with zero attached hydrogens (tertiary/aromatic N) is 5. The van der Waals surface area contributed by atoms with Gasteiger partial charge < -0.3 is 19.1 Å². The Labute approximate surface area is 206 Å². The van der Waals surface area contributed by atoms with Gasteiger partial charge in [-0.1, -0.05) is 19.1 Å². The van der Waals surface area contributed by atoms with Crippen LogP contribution < -0.4 is 9.80 Å². The molecule has 7 nitrogen and oxygen atoms in total. The fourth-order valence-electron chi connectivity index (χ4n) is 5.44. The van der Waals surface area contributed by atoms with Gasteiger partial charge in [0.1, 0.15) is 12.2 Å². The number of fused-ring (bicyclic) bond motifs is 1. The first-order chi connectivity index (χ1) is 17.1. The van der Waals surface area contributed by atoms with Crippen LogP contribution >= 0.6 is 0 Å². The minimum Gasteiger partial charge on any atom is -0.379 e. The molecule has 1 aromatic heterocycles. The second-order valence-corrected chi connectivity index (χ2v) is 10.3. The molecular weight excluding hydrogens is 471 g/mol. The lowest BCUT2D eigenvalue weighted by molar-refractivity contribution is -0.138. The van der Waals surface area contributed by atoms with Crippen LogP contribution in [0.2, 0.25) is 0 Å². The highest BCUT2D eigenvalue weighted by Gasteiger charge is 2.44. The van der Waals surface area contributed by atoms with E-state index in [2.05, 4.69) is 17.1 Å². The monoisotopic (exact) mass is 497 g/mol. The van der Waals surface area contributed by atoms with E-state index in [1.54, 1.807) is 18.5 Å².